The normalized spacial score (nSPS) is 26.9. The van der Waals surface area contributed by atoms with Crippen LogP contribution in [0, 0.1) is 0 Å². The van der Waals surface area contributed by atoms with Gasteiger partial charge in [-0.15, -0.1) is 0 Å². The maximum atomic E-state index is 6.10. The van der Waals surface area contributed by atoms with Crippen LogP contribution in [0.15, 0.2) is 39.4 Å². The minimum absolute atomic E-state index is 0.105. The zero-order valence-electron chi connectivity index (χ0n) is 10.4. The molecule has 0 radical (unpaired) electrons. The van der Waals surface area contributed by atoms with Crippen molar-refractivity contribution in [3.05, 3.63) is 35.9 Å². The molecule has 0 bridgehead atoms. The van der Waals surface area contributed by atoms with Gasteiger partial charge in [0.25, 0.3) is 11.8 Å². The largest absolute Gasteiger partial charge is 0.536 e. The highest BCUT2D eigenvalue weighted by Gasteiger charge is 2.56. The van der Waals surface area contributed by atoms with Crippen molar-refractivity contribution in [3.8, 4) is 0 Å². The van der Waals surface area contributed by atoms with Crippen LogP contribution in [0.5, 0.6) is 0 Å². The molecule has 1 saturated heterocycles. The van der Waals surface area contributed by atoms with Gasteiger partial charge < -0.3 is 0 Å². The fourth-order valence-electron chi connectivity index (χ4n) is 1.97. The Morgan fingerprint density at radius 2 is 1.52 bits per heavy atom. The molecule has 5 nitrogen and oxygen atoms in total. The Balaban J connectivity index is 1.83. The molecule has 1 fully saturated rings. The maximum absolute atomic E-state index is 6.10. The first-order valence-corrected chi connectivity index (χ1v) is 14.5. The third-order valence-electron chi connectivity index (χ3n) is 2.85. The fourth-order valence-corrected chi connectivity index (χ4v) is 17.0. The summed E-state index contributed by atoms with van der Waals surface area (Å²) in [5, 5.41) is 0. The van der Waals surface area contributed by atoms with E-state index in [0.717, 1.165) is 5.56 Å². The molecule has 1 aromatic rings. The van der Waals surface area contributed by atoms with E-state index in [4.69, 9.17) is 54.0 Å². The number of benzene rings is 1. The number of rotatable bonds is 1. The van der Waals surface area contributed by atoms with Crippen LogP contribution in [-0.4, -0.2) is 13.2 Å². The predicted octanol–water partition coefficient (Wildman–Crippen LogP) is 6.95. The van der Waals surface area contributed by atoms with E-state index in [1.54, 1.807) is 0 Å². The average molecular weight is 428 g/mol. The van der Waals surface area contributed by atoms with E-state index in [1.165, 1.54) is 0 Å². The van der Waals surface area contributed by atoms with Gasteiger partial charge in [0.05, 0.1) is 0 Å². The Bertz CT molecular complexity index is 611. The number of nitrogens with zero attached hydrogens (tertiary/aromatic N) is 2. The van der Waals surface area contributed by atoms with Gasteiger partial charge in [0.2, 0.25) is 0 Å². The Labute approximate surface area is 142 Å². The molecule has 2 aliphatic heterocycles. The standard InChI is InChI=1S/C9H11Cl4N3O2P3/c10-19(11)14-20(12,13)16-21(15-19)17-6-9(7-18-21)8-4-2-1-3-5-8/h1-5,9,14H,6-7H2/q+1. The molecule has 3 rings (SSSR count). The summed E-state index contributed by atoms with van der Waals surface area (Å²) in [6.45, 7) is 0.818. The van der Waals surface area contributed by atoms with Crippen molar-refractivity contribution in [2.45, 2.75) is 5.92 Å². The quantitative estimate of drug-likeness (QED) is 0.493. The summed E-state index contributed by atoms with van der Waals surface area (Å²) >= 11 is 24.4. The first kappa shape index (κ1) is 17.0. The summed E-state index contributed by atoms with van der Waals surface area (Å²) in [6.07, 6.45) is 0. The van der Waals surface area contributed by atoms with Gasteiger partial charge in [-0.1, -0.05) is 30.3 Å². The van der Waals surface area contributed by atoms with Gasteiger partial charge >= 0.3 is 8.02 Å². The second kappa shape index (κ2) is 6.22. The van der Waals surface area contributed by atoms with Crippen LogP contribution in [-0.2, 0) is 9.05 Å². The lowest BCUT2D eigenvalue weighted by molar-refractivity contribution is 0.142. The molecule has 0 aliphatic carbocycles. The molecule has 0 amide bonds. The van der Waals surface area contributed by atoms with Gasteiger partial charge in [0, 0.05) is 5.92 Å². The zero-order valence-corrected chi connectivity index (χ0v) is 16.1. The molecule has 1 spiro atoms. The van der Waals surface area contributed by atoms with E-state index in [2.05, 4.69) is 13.9 Å². The Hall–Kier alpha value is 1.15. The molecule has 21 heavy (non-hydrogen) atoms. The SMILES string of the molecule is ClP1(Cl)=N[P+]2(N=P(Cl)(Cl)N1)OCC(c1ccccc1)CO2. The second-order valence-corrected chi connectivity index (χ2v) is 17.0. The predicted molar refractivity (Wildman–Crippen MR) is 93.3 cm³/mol. The van der Waals surface area contributed by atoms with Crippen molar-refractivity contribution in [2.24, 2.45) is 9.03 Å². The van der Waals surface area contributed by atoms with Crippen molar-refractivity contribution in [2.75, 3.05) is 13.2 Å². The third-order valence-corrected chi connectivity index (χ3v) is 14.5. The van der Waals surface area contributed by atoms with Gasteiger partial charge in [0.15, 0.2) is 0 Å². The van der Waals surface area contributed by atoms with E-state index in [-0.39, 0.29) is 5.92 Å². The summed E-state index contributed by atoms with van der Waals surface area (Å²) in [7, 11) is -2.93. The monoisotopic (exact) mass is 426 g/mol. The van der Waals surface area contributed by atoms with Crippen LogP contribution >= 0.6 is 64.8 Å². The molecule has 1 N–H and O–H groups in total. The maximum Gasteiger partial charge on any atom is 0.536 e. The highest BCUT2D eigenvalue weighted by atomic mass is 35.9. The Kier molecular flexibility index (Phi) is 5.03. The molecule has 0 saturated carbocycles. The van der Waals surface area contributed by atoms with Gasteiger partial charge in [0.1, 0.15) is 13.2 Å². The van der Waals surface area contributed by atoms with Crippen LogP contribution in [0.4, 0.5) is 0 Å². The van der Waals surface area contributed by atoms with Crippen LogP contribution < -0.4 is 4.86 Å². The molecule has 116 valence electrons. The van der Waals surface area contributed by atoms with Crippen LogP contribution in [0.2, 0.25) is 0 Å². The third kappa shape index (κ3) is 4.17. The molecular weight excluding hydrogens is 417 g/mol. The van der Waals surface area contributed by atoms with Crippen molar-refractivity contribution in [1.29, 1.82) is 0 Å². The molecule has 0 atom stereocenters. The minimum Gasteiger partial charge on any atom is -0.194 e. The van der Waals surface area contributed by atoms with Crippen molar-refractivity contribution in [1.82, 2.24) is 4.86 Å². The molecule has 2 heterocycles. The lowest BCUT2D eigenvalue weighted by Crippen LogP contribution is -2.21. The first-order chi connectivity index (χ1) is 9.79. The Morgan fingerprint density at radius 3 is 2.05 bits per heavy atom. The highest BCUT2D eigenvalue weighted by Crippen LogP contribution is 2.86. The molecule has 12 heteroatoms. The molecule has 0 unspecified atom stereocenters. The van der Waals surface area contributed by atoms with Crippen LogP contribution in [0.25, 0.3) is 0 Å². The van der Waals surface area contributed by atoms with E-state index in [1.807, 2.05) is 30.3 Å². The van der Waals surface area contributed by atoms with Gasteiger partial charge in [-0.3, -0.25) is 0 Å². The molecule has 1 aromatic carbocycles. The van der Waals surface area contributed by atoms with E-state index in [0.29, 0.717) is 13.2 Å². The van der Waals surface area contributed by atoms with Gasteiger partial charge in [-0.2, -0.15) is 13.9 Å². The topological polar surface area (TPSA) is 55.2 Å². The van der Waals surface area contributed by atoms with Gasteiger partial charge in [-0.25, -0.2) is 0 Å². The summed E-state index contributed by atoms with van der Waals surface area (Å²) in [5.74, 6) is -5.64. The minimum atomic E-state index is -2.93. The number of hydrogen-bond acceptors (Lipinski definition) is 5. The number of halogens is 4. The first-order valence-electron chi connectivity index (χ1n) is 5.88. The number of hydrogen-bond donors (Lipinski definition) is 1. The van der Waals surface area contributed by atoms with Crippen molar-refractivity contribution < 1.29 is 9.05 Å². The summed E-state index contributed by atoms with van der Waals surface area (Å²) in [5.41, 5.74) is 1.13. The fraction of sp³-hybridized carbons (Fsp3) is 0.333. The van der Waals surface area contributed by atoms with E-state index >= 15 is 0 Å². The van der Waals surface area contributed by atoms with Crippen molar-refractivity contribution in [3.63, 3.8) is 0 Å². The van der Waals surface area contributed by atoms with E-state index < -0.39 is 19.8 Å². The summed E-state index contributed by atoms with van der Waals surface area (Å²) in [6, 6.07) is 9.93. The summed E-state index contributed by atoms with van der Waals surface area (Å²) < 4.78 is 20.0. The molecule has 0 aromatic heterocycles. The molecule has 2 aliphatic rings. The molecular formula is C9H11Cl4N3O2P3+. The van der Waals surface area contributed by atoms with Crippen LogP contribution in [0.1, 0.15) is 11.5 Å². The highest BCUT2D eigenvalue weighted by molar-refractivity contribution is 8.23. The van der Waals surface area contributed by atoms with E-state index in [9.17, 15) is 0 Å². The number of nitrogens with one attached hydrogen (secondary N) is 1. The Morgan fingerprint density at radius 1 is 1.00 bits per heavy atom. The summed E-state index contributed by atoms with van der Waals surface area (Å²) in [4.78, 5) is 2.66. The van der Waals surface area contributed by atoms with Crippen LogP contribution in [0.3, 0.4) is 0 Å². The van der Waals surface area contributed by atoms with Gasteiger partial charge in [-0.05, 0) is 59.6 Å². The lowest BCUT2D eigenvalue weighted by atomic mass is 10.0. The lowest BCUT2D eigenvalue weighted by Gasteiger charge is -2.29. The average Bonchev–Trinajstić information content (AvgIpc) is 2.36. The second-order valence-electron chi connectivity index (χ2n) is 4.44. The van der Waals surface area contributed by atoms with Crippen molar-refractivity contribution >= 4 is 64.8 Å². The smallest absolute Gasteiger partial charge is 0.194 e. The zero-order chi connectivity index (χ0) is 15.1.